The second-order valence-corrected chi connectivity index (χ2v) is 8.69. The number of aromatic nitrogens is 5. The number of halogens is 1. The predicted octanol–water partition coefficient (Wildman–Crippen LogP) is 2.87. The maximum absolute atomic E-state index is 14.5. The van der Waals surface area contributed by atoms with Crippen molar-refractivity contribution in [3.63, 3.8) is 0 Å². The number of anilines is 2. The van der Waals surface area contributed by atoms with Crippen LogP contribution in [0.2, 0.25) is 0 Å². The first-order valence-electron chi connectivity index (χ1n) is 10.9. The molecule has 4 aromatic heterocycles. The van der Waals surface area contributed by atoms with Crippen LogP contribution < -0.4 is 15.5 Å². The van der Waals surface area contributed by atoms with E-state index in [2.05, 4.69) is 49.3 Å². The lowest BCUT2D eigenvalue weighted by Crippen LogP contribution is -2.54. The number of pyridine rings is 2. The lowest BCUT2D eigenvalue weighted by atomic mass is 10.1. The van der Waals surface area contributed by atoms with Crippen molar-refractivity contribution >= 4 is 34.0 Å². The van der Waals surface area contributed by atoms with E-state index in [0.29, 0.717) is 45.8 Å². The van der Waals surface area contributed by atoms with Gasteiger partial charge in [-0.3, -0.25) is 4.79 Å². The lowest BCUT2D eigenvalue weighted by molar-refractivity contribution is 0.102. The Kier molecular flexibility index (Phi) is 5.16. The summed E-state index contributed by atoms with van der Waals surface area (Å²) in [6.07, 6.45) is 6.58. The van der Waals surface area contributed by atoms with Crippen molar-refractivity contribution < 1.29 is 9.18 Å². The Morgan fingerprint density at radius 1 is 1.12 bits per heavy atom. The first-order chi connectivity index (χ1) is 15.8. The van der Waals surface area contributed by atoms with E-state index in [-0.39, 0.29) is 5.65 Å². The largest absolute Gasteiger partial charge is 0.353 e. The number of carbonyl (C=O) groups is 1. The molecule has 1 aliphatic rings. The first-order valence-corrected chi connectivity index (χ1v) is 10.9. The van der Waals surface area contributed by atoms with E-state index in [0.717, 1.165) is 18.9 Å². The summed E-state index contributed by atoms with van der Waals surface area (Å²) in [7, 11) is 0. The lowest BCUT2D eigenvalue weighted by Gasteiger charge is -2.37. The Hall–Kier alpha value is -3.66. The van der Waals surface area contributed by atoms with Gasteiger partial charge in [0.15, 0.2) is 11.5 Å². The third-order valence-corrected chi connectivity index (χ3v) is 5.71. The van der Waals surface area contributed by atoms with Gasteiger partial charge in [-0.15, -0.1) is 0 Å². The molecule has 10 heteroatoms. The molecule has 33 heavy (non-hydrogen) atoms. The average molecular weight is 449 g/mol. The fourth-order valence-corrected chi connectivity index (χ4v) is 4.46. The van der Waals surface area contributed by atoms with E-state index in [1.54, 1.807) is 36.8 Å². The summed E-state index contributed by atoms with van der Waals surface area (Å²) < 4.78 is 16.0. The van der Waals surface area contributed by atoms with Crippen molar-refractivity contribution in [1.82, 2.24) is 29.7 Å². The minimum Gasteiger partial charge on any atom is -0.353 e. The van der Waals surface area contributed by atoms with Crippen LogP contribution in [0.15, 0.2) is 30.9 Å². The van der Waals surface area contributed by atoms with E-state index in [1.807, 2.05) is 0 Å². The fraction of sp³-hybridized carbons (Fsp3) is 0.348. The Balaban J connectivity index is 1.53. The van der Waals surface area contributed by atoms with Crippen LogP contribution in [0.25, 0.3) is 16.6 Å². The molecule has 0 unspecified atom stereocenters. The molecule has 1 amide bonds. The van der Waals surface area contributed by atoms with Gasteiger partial charge in [0.1, 0.15) is 11.6 Å². The van der Waals surface area contributed by atoms with Gasteiger partial charge < -0.3 is 19.9 Å². The zero-order valence-corrected chi connectivity index (χ0v) is 18.9. The van der Waals surface area contributed by atoms with Crippen molar-refractivity contribution in [2.24, 2.45) is 0 Å². The fourth-order valence-electron chi connectivity index (χ4n) is 4.46. The van der Waals surface area contributed by atoms with Crippen molar-refractivity contribution in [3.8, 4) is 0 Å². The highest BCUT2D eigenvalue weighted by Gasteiger charge is 2.25. The molecule has 0 spiro atoms. The van der Waals surface area contributed by atoms with Gasteiger partial charge in [0, 0.05) is 56.0 Å². The molecule has 0 aliphatic carbocycles. The molecule has 4 aromatic rings. The number of piperazine rings is 1. The summed E-state index contributed by atoms with van der Waals surface area (Å²) in [5, 5.41) is 6.99. The highest BCUT2D eigenvalue weighted by molar-refractivity contribution is 6.13. The summed E-state index contributed by atoms with van der Waals surface area (Å²) >= 11 is 0. The standard InChI is InChI=1S/C23H25FN8O/c1-12-8-31(9-13(2)27-12)21-17-6-25-15(4)29-20(17)18(7-26-21)23(33)30-16-5-19(24)22-28-14(3)10-32(22)11-16/h5-7,10-13,27H,8-9H2,1-4H3,(H,30,33)/t12-,13-/m1/s1. The van der Waals surface area contributed by atoms with Gasteiger partial charge in [-0.05, 0) is 27.7 Å². The number of imidazole rings is 1. The molecule has 5 heterocycles. The molecular weight excluding hydrogens is 423 g/mol. The van der Waals surface area contributed by atoms with Gasteiger partial charge in [0.25, 0.3) is 5.91 Å². The molecule has 0 radical (unpaired) electrons. The van der Waals surface area contributed by atoms with E-state index < -0.39 is 11.7 Å². The second kappa shape index (κ2) is 8.04. The van der Waals surface area contributed by atoms with Gasteiger partial charge in [-0.1, -0.05) is 0 Å². The van der Waals surface area contributed by atoms with Crippen LogP contribution in [0.5, 0.6) is 0 Å². The molecule has 1 fully saturated rings. The topological polar surface area (TPSA) is 100 Å². The number of hydrogen-bond donors (Lipinski definition) is 2. The van der Waals surface area contributed by atoms with Crippen molar-refractivity contribution in [3.05, 3.63) is 53.8 Å². The van der Waals surface area contributed by atoms with Gasteiger partial charge in [-0.2, -0.15) is 0 Å². The summed E-state index contributed by atoms with van der Waals surface area (Å²) in [4.78, 5) is 33.1. The highest BCUT2D eigenvalue weighted by Crippen LogP contribution is 2.28. The molecule has 5 rings (SSSR count). The number of amides is 1. The van der Waals surface area contributed by atoms with Crippen LogP contribution in [-0.4, -0.2) is 55.4 Å². The van der Waals surface area contributed by atoms with Gasteiger partial charge in [0.2, 0.25) is 0 Å². The third-order valence-electron chi connectivity index (χ3n) is 5.71. The molecule has 9 nitrogen and oxygen atoms in total. The molecule has 1 aliphatic heterocycles. The van der Waals surface area contributed by atoms with Crippen LogP contribution in [0.3, 0.4) is 0 Å². The minimum absolute atomic E-state index is 0.213. The number of fused-ring (bicyclic) bond motifs is 2. The van der Waals surface area contributed by atoms with E-state index in [4.69, 9.17) is 0 Å². The summed E-state index contributed by atoms with van der Waals surface area (Å²) in [5.74, 6) is 0.370. The van der Waals surface area contributed by atoms with Gasteiger partial charge in [0.05, 0.1) is 27.8 Å². The first kappa shape index (κ1) is 21.2. The Bertz CT molecular complexity index is 1370. The summed E-state index contributed by atoms with van der Waals surface area (Å²) in [5.41, 5.74) is 2.04. The average Bonchev–Trinajstić information content (AvgIpc) is 3.12. The number of nitrogens with one attached hydrogen (secondary N) is 2. The monoisotopic (exact) mass is 448 g/mol. The minimum atomic E-state index is -0.514. The molecule has 1 saturated heterocycles. The van der Waals surface area contributed by atoms with Crippen LogP contribution in [0, 0.1) is 19.7 Å². The maximum Gasteiger partial charge on any atom is 0.259 e. The number of nitrogens with zero attached hydrogens (tertiary/aromatic N) is 6. The summed E-state index contributed by atoms with van der Waals surface area (Å²) in [6.45, 7) is 9.40. The van der Waals surface area contributed by atoms with Crippen LogP contribution in [-0.2, 0) is 0 Å². The normalized spacial score (nSPS) is 18.8. The van der Waals surface area contributed by atoms with Crippen molar-refractivity contribution in [1.29, 1.82) is 0 Å². The zero-order valence-electron chi connectivity index (χ0n) is 18.9. The van der Waals surface area contributed by atoms with E-state index >= 15 is 0 Å². The molecule has 0 aromatic carbocycles. The molecule has 0 bridgehead atoms. The van der Waals surface area contributed by atoms with Gasteiger partial charge in [-0.25, -0.2) is 24.3 Å². The number of aryl methyl sites for hydroxylation is 2. The van der Waals surface area contributed by atoms with E-state index in [9.17, 15) is 9.18 Å². The number of hydrogen-bond acceptors (Lipinski definition) is 7. The van der Waals surface area contributed by atoms with Gasteiger partial charge >= 0.3 is 0 Å². The maximum atomic E-state index is 14.5. The smallest absolute Gasteiger partial charge is 0.259 e. The summed E-state index contributed by atoms with van der Waals surface area (Å²) in [6, 6.07) is 1.86. The molecular formula is C23H25FN8O. The van der Waals surface area contributed by atoms with Crippen molar-refractivity contribution in [2.45, 2.75) is 39.8 Å². The Labute approximate surface area is 190 Å². The molecule has 0 saturated carbocycles. The van der Waals surface area contributed by atoms with Crippen molar-refractivity contribution in [2.75, 3.05) is 23.3 Å². The molecule has 2 atom stereocenters. The third kappa shape index (κ3) is 3.97. The van der Waals surface area contributed by atoms with E-state index in [1.165, 1.54) is 12.3 Å². The highest BCUT2D eigenvalue weighted by atomic mass is 19.1. The number of rotatable bonds is 3. The number of carbonyl (C=O) groups excluding carboxylic acids is 1. The quantitative estimate of drug-likeness (QED) is 0.497. The second-order valence-electron chi connectivity index (χ2n) is 8.69. The van der Waals surface area contributed by atoms with Crippen LogP contribution >= 0.6 is 0 Å². The van der Waals surface area contributed by atoms with Crippen LogP contribution in [0.1, 0.15) is 35.7 Å². The SMILES string of the molecule is Cc1cn2cc(NC(=O)c3cnc(N4C[C@@H](C)N[C@H](C)C4)c4cnc(C)nc34)cc(F)c2n1. The van der Waals surface area contributed by atoms with Crippen LogP contribution in [0.4, 0.5) is 15.9 Å². The Morgan fingerprint density at radius 2 is 1.88 bits per heavy atom. The molecule has 2 N–H and O–H groups in total. The predicted molar refractivity (Wildman–Crippen MR) is 124 cm³/mol. The Morgan fingerprint density at radius 3 is 2.64 bits per heavy atom. The molecule has 170 valence electrons. The zero-order chi connectivity index (χ0) is 23.3.